The molecule has 0 spiro atoms. The Kier molecular flexibility index (Phi) is 5.71. The number of hydrogen-bond donors (Lipinski definition) is 2. The lowest BCUT2D eigenvalue weighted by atomic mass is 9.95. The van der Waals surface area contributed by atoms with E-state index in [9.17, 15) is 14.7 Å². The monoisotopic (exact) mass is 336 g/mol. The molecule has 1 aromatic rings. The van der Waals surface area contributed by atoms with Crippen LogP contribution < -0.4 is 11.0 Å². The minimum atomic E-state index is -0.185. The van der Waals surface area contributed by atoms with Crippen LogP contribution in [0.5, 0.6) is 0 Å². The second-order valence-electron chi connectivity index (χ2n) is 7.07. The van der Waals surface area contributed by atoms with Gasteiger partial charge in [-0.15, -0.1) is 0 Å². The lowest BCUT2D eigenvalue weighted by Crippen LogP contribution is -2.43. The Balaban J connectivity index is 1.65. The molecule has 7 nitrogen and oxygen atoms in total. The van der Waals surface area contributed by atoms with Gasteiger partial charge in [0.05, 0.1) is 0 Å². The quantitative estimate of drug-likeness (QED) is 0.797. The van der Waals surface area contributed by atoms with E-state index >= 15 is 0 Å². The van der Waals surface area contributed by atoms with Crippen molar-refractivity contribution in [3.8, 4) is 0 Å². The Labute approximate surface area is 142 Å². The molecule has 1 saturated carbocycles. The third-order valence-electron chi connectivity index (χ3n) is 5.31. The molecule has 2 heterocycles. The van der Waals surface area contributed by atoms with Gasteiger partial charge in [-0.05, 0) is 25.7 Å². The average Bonchev–Trinajstić information content (AvgIpc) is 2.80. The maximum atomic E-state index is 12.4. The molecular weight excluding hydrogens is 308 g/mol. The number of aromatic nitrogens is 3. The summed E-state index contributed by atoms with van der Waals surface area (Å²) in [5.41, 5.74) is -0.179. The Morgan fingerprint density at radius 3 is 2.79 bits per heavy atom. The van der Waals surface area contributed by atoms with Gasteiger partial charge < -0.3 is 10.4 Å². The first-order chi connectivity index (χ1) is 11.7. The molecule has 24 heavy (non-hydrogen) atoms. The molecule has 2 unspecified atom stereocenters. The summed E-state index contributed by atoms with van der Waals surface area (Å²) in [6, 6.07) is 0.00106. The van der Waals surface area contributed by atoms with E-state index in [4.69, 9.17) is 0 Å². The first-order valence-corrected chi connectivity index (χ1v) is 9.26. The molecule has 3 rings (SSSR count). The maximum absolute atomic E-state index is 12.4. The van der Waals surface area contributed by atoms with Crippen molar-refractivity contribution in [3.63, 3.8) is 0 Å². The lowest BCUT2D eigenvalue weighted by Gasteiger charge is -2.24. The number of nitrogens with one attached hydrogen (secondary N) is 1. The van der Waals surface area contributed by atoms with Gasteiger partial charge in [0.25, 0.3) is 0 Å². The van der Waals surface area contributed by atoms with Crippen LogP contribution in [0.2, 0.25) is 0 Å². The molecule has 1 fully saturated rings. The van der Waals surface area contributed by atoms with Crippen LogP contribution in [0.4, 0.5) is 0 Å². The molecule has 134 valence electrons. The molecule has 1 aliphatic carbocycles. The highest BCUT2D eigenvalue weighted by Gasteiger charge is 2.25. The van der Waals surface area contributed by atoms with Crippen molar-refractivity contribution >= 4 is 5.91 Å². The van der Waals surface area contributed by atoms with E-state index in [1.54, 1.807) is 4.57 Å². The molecular formula is C17H28N4O3. The summed E-state index contributed by atoms with van der Waals surface area (Å²) in [6.07, 6.45) is 9.12. The molecule has 0 saturated heterocycles. The van der Waals surface area contributed by atoms with E-state index in [1.807, 2.05) is 0 Å². The number of aryl methyl sites for hydroxylation is 1. The Bertz CT molecular complexity index is 622. The topological polar surface area (TPSA) is 89.2 Å². The number of carbonyl (C=O) groups excluding carboxylic acids is 1. The number of amides is 1. The first-order valence-electron chi connectivity index (χ1n) is 9.26. The minimum absolute atomic E-state index is 0.00106. The van der Waals surface area contributed by atoms with Crippen LogP contribution in [0.3, 0.4) is 0 Å². The molecule has 0 aromatic carbocycles. The molecule has 2 atom stereocenters. The summed E-state index contributed by atoms with van der Waals surface area (Å²) in [7, 11) is 0. The second kappa shape index (κ2) is 7.96. The highest BCUT2D eigenvalue weighted by molar-refractivity contribution is 5.75. The number of rotatable bonds is 4. The van der Waals surface area contributed by atoms with Gasteiger partial charge in [0.2, 0.25) is 5.91 Å². The molecule has 2 aliphatic rings. The zero-order valence-corrected chi connectivity index (χ0v) is 14.2. The molecule has 1 aliphatic heterocycles. The fourth-order valence-corrected chi connectivity index (χ4v) is 3.91. The second-order valence-corrected chi connectivity index (χ2v) is 7.07. The highest BCUT2D eigenvalue weighted by atomic mass is 16.3. The van der Waals surface area contributed by atoms with Gasteiger partial charge in [-0.3, -0.25) is 9.36 Å². The van der Waals surface area contributed by atoms with Crippen molar-refractivity contribution in [3.05, 3.63) is 16.3 Å². The number of carbonyl (C=O) groups is 1. The van der Waals surface area contributed by atoms with E-state index < -0.39 is 0 Å². The normalized spacial score (nSPS) is 24.7. The number of aliphatic hydroxyl groups excluding tert-OH is 1. The highest BCUT2D eigenvalue weighted by Crippen LogP contribution is 2.23. The fraction of sp³-hybridized carbons (Fsp3) is 0.824. The van der Waals surface area contributed by atoms with Gasteiger partial charge in [0.1, 0.15) is 12.4 Å². The van der Waals surface area contributed by atoms with E-state index in [-0.39, 0.29) is 36.7 Å². The standard InChI is InChI=1S/C17H28N4O3/c22-12-13-7-3-1-4-8-14(13)18-16(23)11-21-17(24)20-10-6-2-5-9-15(20)19-21/h13-14,22H,1-12H2,(H,18,23). The first kappa shape index (κ1) is 17.2. The van der Waals surface area contributed by atoms with Gasteiger partial charge in [-0.1, -0.05) is 25.7 Å². The van der Waals surface area contributed by atoms with Gasteiger partial charge in [-0.2, -0.15) is 5.10 Å². The molecule has 0 radical (unpaired) electrons. The third kappa shape index (κ3) is 3.88. The predicted octanol–water partition coefficient (Wildman–Crippen LogP) is 0.829. The summed E-state index contributed by atoms with van der Waals surface area (Å²) in [6.45, 7) is 0.766. The van der Waals surface area contributed by atoms with Gasteiger partial charge in [0.15, 0.2) is 0 Å². The summed E-state index contributed by atoms with van der Waals surface area (Å²) >= 11 is 0. The van der Waals surface area contributed by atoms with E-state index in [2.05, 4.69) is 10.4 Å². The Morgan fingerprint density at radius 2 is 1.96 bits per heavy atom. The van der Waals surface area contributed by atoms with Crippen molar-refractivity contribution in [1.82, 2.24) is 19.7 Å². The van der Waals surface area contributed by atoms with Crippen LogP contribution in [0.1, 0.15) is 57.2 Å². The average molecular weight is 336 g/mol. The van der Waals surface area contributed by atoms with Crippen LogP contribution in [-0.4, -0.2) is 38.0 Å². The van der Waals surface area contributed by atoms with Crippen molar-refractivity contribution < 1.29 is 9.90 Å². The molecule has 2 N–H and O–H groups in total. The van der Waals surface area contributed by atoms with Crippen LogP contribution in [0, 0.1) is 5.92 Å². The summed E-state index contributed by atoms with van der Waals surface area (Å²) in [5, 5.41) is 16.9. The zero-order chi connectivity index (χ0) is 16.9. The third-order valence-corrected chi connectivity index (χ3v) is 5.31. The molecule has 1 amide bonds. The maximum Gasteiger partial charge on any atom is 0.346 e. The van der Waals surface area contributed by atoms with Gasteiger partial charge in [0, 0.05) is 31.5 Å². The molecule has 7 heteroatoms. The van der Waals surface area contributed by atoms with Crippen molar-refractivity contribution in [2.75, 3.05) is 6.61 Å². The minimum Gasteiger partial charge on any atom is -0.396 e. The van der Waals surface area contributed by atoms with Crippen LogP contribution >= 0.6 is 0 Å². The predicted molar refractivity (Wildman–Crippen MR) is 89.6 cm³/mol. The van der Waals surface area contributed by atoms with E-state index in [0.29, 0.717) is 6.54 Å². The van der Waals surface area contributed by atoms with E-state index in [0.717, 1.165) is 63.6 Å². The number of fused-ring (bicyclic) bond motifs is 1. The van der Waals surface area contributed by atoms with Gasteiger partial charge in [-0.25, -0.2) is 9.48 Å². The largest absolute Gasteiger partial charge is 0.396 e. The Hall–Kier alpha value is -1.63. The number of hydrogen-bond acceptors (Lipinski definition) is 4. The van der Waals surface area contributed by atoms with E-state index in [1.165, 1.54) is 4.68 Å². The summed E-state index contributed by atoms with van der Waals surface area (Å²) in [4.78, 5) is 24.8. The molecule has 1 aromatic heterocycles. The fourth-order valence-electron chi connectivity index (χ4n) is 3.91. The SMILES string of the molecule is O=C(Cn1nc2n(c1=O)CCCCC2)NC1CCCCCC1CO. The number of nitrogens with zero attached hydrogens (tertiary/aromatic N) is 3. The zero-order valence-electron chi connectivity index (χ0n) is 14.2. The van der Waals surface area contributed by atoms with Crippen molar-refractivity contribution in [1.29, 1.82) is 0 Å². The van der Waals surface area contributed by atoms with Crippen molar-refractivity contribution in [2.24, 2.45) is 5.92 Å². The smallest absolute Gasteiger partial charge is 0.346 e. The van der Waals surface area contributed by atoms with Crippen LogP contribution in [-0.2, 0) is 24.3 Å². The van der Waals surface area contributed by atoms with Crippen molar-refractivity contribution in [2.45, 2.75) is 76.9 Å². The summed E-state index contributed by atoms with van der Waals surface area (Å²) in [5.74, 6) is 0.732. The summed E-state index contributed by atoms with van der Waals surface area (Å²) < 4.78 is 3.00. The van der Waals surface area contributed by atoms with Gasteiger partial charge >= 0.3 is 5.69 Å². The lowest BCUT2D eigenvalue weighted by molar-refractivity contribution is -0.123. The van der Waals surface area contributed by atoms with Crippen LogP contribution in [0.15, 0.2) is 4.79 Å². The Morgan fingerprint density at radius 1 is 1.17 bits per heavy atom. The number of aliphatic hydroxyl groups is 1. The molecule has 0 bridgehead atoms. The van der Waals surface area contributed by atoms with Crippen LogP contribution in [0.25, 0.3) is 0 Å².